The van der Waals surface area contributed by atoms with Gasteiger partial charge in [0.1, 0.15) is 5.75 Å². The fourth-order valence-corrected chi connectivity index (χ4v) is 1.93. The predicted molar refractivity (Wildman–Crippen MR) is 79.0 cm³/mol. The van der Waals surface area contributed by atoms with E-state index in [1.54, 1.807) is 30.5 Å². The number of anilines is 1. The zero-order chi connectivity index (χ0) is 14.7. The van der Waals surface area contributed by atoms with Crippen molar-refractivity contribution in [2.45, 2.75) is 26.9 Å². The van der Waals surface area contributed by atoms with Crippen LogP contribution in [0.25, 0.3) is 0 Å². The number of nitrogen functional groups attached to an aromatic ring is 1. The number of nitrogens with zero attached hydrogens (tertiary/aromatic N) is 1. The molecule has 0 aliphatic heterocycles. The molecule has 0 saturated heterocycles. The first kappa shape index (κ1) is 14.1. The number of nitrogens with two attached hydrogens (primary N) is 1. The van der Waals surface area contributed by atoms with E-state index in [4.69, 9.17) is 10.5 Å². The van der Waals surface area contributed by atoms with Crippen LogP contribution < -0.4 is 10.5 Å². The average molecular weight is 270 g/mol. The highest BCUT2D eigenvalue weighted by Gasteiger charge is 2.14. The normalized spacial score (nSPS) is 10.6. The lowest BCUT2D eigenvalue weighted by Gasteiger charge is -2.11. The summed E-state index contributed by atoms with van der Waals surface area (Å²) in [5.41, 5.74) is 8.32. The number of carbonyl (C=O) groups excluding carboxylic acids is 1. The molecule has 0 aliphatic rings. The highest BCUT2D eigenvalue weighted by atomic mass is 16.5. The number of ketones is 1. The molecule has 1 aromatic heterocycles. The number of hydrogen-bond acceptors (Lipinski definition) is 4. The van der Waals surface area contributed by atoms with E-state index in [1.807, 2.05) is 20.8 Å². The molecule has 1 aromatic carbocycles. The largest absolute Gasteiger partial charge is 0.489 e. The van der Waals surface area contributed by atoms with Gasteiger partial charge in [-0.1, -0.05) is 12.1 Å². The number of rotatable bonds is 4. The number of aromatic nitrogens is 1. The Bertz CT molecular complexity index is 636. The van der Waals surface area contributed by atoms with Gasteiger partial charge in [0.25, 0.3) is 0 Å². The molecule has 104 valence electrons. The first-order valence-corrected chi connectivity index (χ1v) is 6.50. The number of hydrogen-bond donors (Lipinski definition) is 1. The van der Waals surface area contributed by atoms with E-state index in [1.165, 1.54) is 6.20 Å². The lowest BCUT2D eigenvalue weighted by atomic mass is 9.99. The molecule has 4 heteroatoms. The second-order valence-corrected chi connectivity index (χ2v) is 4.92. The van der Waals surface area contributed by atoms with E-state index in [0.29, 0.717) is 22.6 Å². The Morgan fingerprint density at radius 2 is 2.05 bits per heavy atom. The van der Waals surface area contributed by atoms with Gasteiger partial charge in [-0.05, 0) is 38.5 Å². The molecule has 0 unspecified atom stereocenters. The van der Waals surface area contributed by atoms with Crippen LogP contribution in [0, 0.1) is 6.92 Å². The van der Waals surface area contributed by atoms with Gasteiger partial charge in [-0.25, -0.2) is 0 Å². The molecule has 0 amide bonds. The summed E-state index contributed by atoms with van der Waals surface area (Å²) in [7, 11) is 0. The van der Waals surface area contributed by atoms with Gasteiger partial charge in [-0.15, -0.1) is 0 Å². The number of ether oxygens (including phenoxy) is 1. The second kappa shape index (κ2) is 5.74. The molecule has 0 spiro atoms. The summed E-state index contributed by atoms with van der Waals surface area (Å²) < 4.78 is 5.56. The van der Waals surface area contributed by atoms with E-state index in [9.17, 15) is 4.79 Å². The van der Waals surface area contributed by atoms with Gasteiger partial charge in [0, 0.05) is 23.0 Å². The lowest BCUT2D eigenvalue weighted by molar-refractivity contribution is 0.103. The topological polar surface area (TPSA) is 65.2 Å². The molecule has 2 N–H and O–H groups in total. The van der Waals surface area contributed by atoms with Crippen molar-refractivity contribution in [3.8, 4) is 5.75 Å². The Kier molecular flexibility index (Phi) is 4.03. The SMILES string of the molecule is Cc1c(N)cccc1C(=O)c1cncc(OC(C)C)c1. The fourth-order valence-electron chi connectivity index (χ4n) is 1.93. The third kappa shape index (κ3) is 2.96. The minimum absolute atomic E-state index is 0.0382. The van der Waals surface area contributed by atoms with Gasteiger partial charge < -0.3 is 10.5 Å². The first-order chi connectivity index (χ1) is 9.49. The van der Waals surface area contributed by atoms with Crippen LogP contribution in [-0.2, 0) is 0 Å². The Morgan fingerprint density at radius 3 is 2.75 bits per heavy atom. The van der Waals surface area contributed by atoms with Crippen LogP contribution in [0.15, 0.2) is 36.7 Å². The highest BCUT2D eigenvalue weighted by molar-refractivity contribution is 6.10. The van der Waals surface area contributed by atoms with Crippen molar-refractivity contribution in [3.63, 3.8) is 0 Å². The van der Waals surface area contributed by atoms with E-state index in [0.717, 1.165) is 5.56 Å². The van der Waals surface area contributed by atoms with E-state index in [-0.39, 0.29) is 11.9 Å². The molecule has 0 saturated carbocycles. The van der Waals surface area contributed by atoms with E-state index in [2.05, 4.69) is 4.98 Å². The van der Waals surface area contributed by atoms with Crippen molar-refractivity contribution in [2.24, 2.45) is 0 Å². The molecular formula is C16H18N2O2. The van der Waals surface area contributed by atoms with Crippen molar-refractivity contribution < 1.29 is 9.53 Å². The molecule has 20 heavy (non-hydrogen) atoms. The molecule has 0 fully saturated rings. The van der Waals surface area contributed by atoms with E-state index < -0.39 is 0 Å². The van der Waals surface area contributed by atoms with Crippen molar-refractivity contribution in [2.75, 3.05) is 5.73 Å². The minimum atomic E-state index is -0.100. The molecule has 2 rings (SSSR count). The Hall–Kier alpha value is -2.36. The van der Waals surface area contributed by atoms with Crippen LogP contribution in [0.1, 0.15) is 35.3 Å². The standard InChI is InChI=1S/C16H18N2O2/c1-10(2)20-13-7-12(8-18-9-13)16(19)14-5-4-6-15(17)11(14)3/h4-10H,17H2,1-3H3. The first-order valence-electron chi connectivity index (χ1n) is 6.50. The molecule has 0 bridgehead atoms. The summed E-state index contributed by atoms with van der Waals surface area (Å²) in [6, 6.07) is 7.03. The van der Waals surface area contributed by atoms with Gasteiger partial charge in [0.05, 0.1) is 12.3 Å². The van der Waals surface area contributed by atoms with Crippen LogP contribution in [-0.4, -0.2) is 16.9 Å². The molecule has 0 aliphatic carbocycles. The monoisotopic (exact) mass is 270 g/mol. The molecule has 0 radical (unpaired) electrons. The third-order valence-electron chi connectivity index (χ3n) is 2.97. The fraction of sp³-hybridized carbons (Fsp3) is 0.250. The van der Waals surface area contributed by atoms with Crippen LogP contribution in [0.5, 0.6) is 5.75 Å². The quantitative estimate of drug-likeness (QED) is 0.685. The van der Waals surface area contributed by atoms with Gasteiger partial charge in [0.2, 0.25) is 0 Å². The van der Waals surface area contributed by atoms with Crippen molar-refractivity contribution in [1.29, 1.82) is 0 Å². The van der Waals surface area contributed by atoms with Crippen LogP contribution >= 0.6 is 0 Å². The maximum Gasteiger partial charge on any atom is 0.195 e. The molecule has 4 nitrogen and oxygen atoms in total. The zero-order valence-electron chi connectivity index (χ0n) is 11.9. The zero-order valence-corrected chi connectivity index (χ0v) is 11.9. The summed E-state index contributed by atoms with van der Waals surface area (Å²) >= 11 is 0. The molecular weight excluding hydrogens is 252 g/mol. The van der Waals surface area contributed by atoms with Crippen LogP contribution in [0.3, 0.4) is 0 Å². The summed E-state index contributed by atoms with van der Waals surface area (Å²) in [5, 5.41) is 0. The van der Waals surface area contributed by atoms with Crippen molar-refractivity contribution in [1.82, 2.24) is 4.98 Å². The summed E-state index contributed by atoms with van der Waals surface area (Å²) in [6.45, 7) is 5.69. The van der Waals surface area contributed by atoms with Gasteiger partial charge in [0.15, 0.2) is 5.78 Å². The average Bonchev–Trinajstić information content (AvgIpc) is 2.41. The highest BCUT2D eigenvalue weighted by Crippen LogP contribution is 2.21. The summed E-state index contributed by atoms with van der Waals surface area (Å²) in [5.74, 6) is 0.490. The number of benzene rings is 1. The summed E-state index contributed by atoms with van der Waals surface area (Å²) in [4.78, 5) is 16.6. The van der Waals surface area contributed by atoms with Gasteiger partial charge in [-0.3, -0.25) is 9.78 Å². The van der Waals surface area contributed by atoms with Crippen LogP contribution in [0.2, 0.25) is 0 Å². The second-order valence-electron chi connectivity index (χ2n) is 4.92. The Morgan fingerprint density at radius 1 is 1.30 bits per heavy atom. The van der Waals surface area contributed by atoms with Gasteiger partial charge >= 0.3 is 0 Å². The smallest absolute Gasteiger partial charge is 0.195 e. The molecule has 1 heterocycles. The number of pyridine rings is 1. The van der Waals surface area contributed by atoms with Crippen LogP contribution in [0.4, 0.5) is 5.69 Å². The van der Waals surface area contributed by atoms with Crippen molar-refractivity contribution >= 4 is 11.5 Å². The third-order valence-corrected chi connectivity index (χ3v) is 2.97. The maximum atomic E-state index is 12.5. The predicted octanol–water partition coefficient (Wildman–Crippen LogP) is 2.99. The minimum Gasteiger partial charge on any atom is -0.489 e. The van der Waals surface area contributed by atoms with Gasteiger partial charge in [-0.2, -0.15) is 0 Å². The molecule has 2 aromatic rings. The van der Waals surface area contributed by atoms with E-state index >= 15 is 0 Å². The Balaban J connectivity index is 2.36. The summed E-state index contributed by atoms with van der Waals surface area (Å²) in [6.07, 6.45) is 3.18. The maximum absolute atomic E-state index is 12.5. The lowest BCUT2D eigenvalue weighted by Crippen LogP contribution is -2.09. The number of carbonyl (C=O) groups is 1. The molecule has 0 atom stereocenters. The van der Waals surface area contributed by atoms with Crippen molar-refractivity contribution in [3.05, 3.63) is 53.3 Å². The Labute approximate surface area is 118 Å².